The Kier molecular flexibility index (Phi) is 4.66. The van der Waals surface area contributed by atoms with Crippen molar-refractivity contribution in [3.63, 3.8) is 0 Å². The fourth-order valence-electron chi connectivity index (χ4n) is 2.59. The Morgan fingerprint density at radius 2 is 2.15 bits per heavy atom. The molecule has 1 saturated heterocycles. The van der Waals surface area contributed by atoms with Gasteiger partial charge in [0.15, 0.2) is 0 Å². The number of rotatable bonds is 4. The summed E-state index contributed by atoms with van der Waals surface area (Å²) in [6.45, 7) is 9.71. The Morgan fingerprint density at radius 1 is 1.40 bits per heavy atom. The predicted octanol–water partition coefficient (Wildman–Crippen LogP) is 2.11. The molecule has 0 aromatic carbocycles. The van der Waals surface area contributed by atoms with Crippen LogP contribution in [-0.4, -0.2) is 48.6 Å². The number of hydrogen-bond acceptors (Lipinski definition) is 4. The first-order valence-corrected chi connectivity index (χ1v) is 7.46. The molecule has 1 atom stereocenters. The van der Waals surface area contributed by atoms with Gasteiger partial charge in [-0.25, -0.2) is 0 Å². The molecule has 2 heterocycles. The van der Waals surface area contributed by atoms with Crippen molar-refractivity contribution in [3.05, 3.63) is 24.0 Å². The normalized spacial score (nSPS) is 19.9. The molecule has 0 radical (unpaired) electrons. The predicted molar refractivity (Wildman–Crippen MR) is 85.1 cm³/mol. The Labute approximate surface area is 123 Å². The lowest BCUT2D eigenvalue weighted by molar-refractivity contribution is 0.315. The van der Waals surface area contributed by atoms with E-state index in [1.54, 1.807) is 0 Å². The lowest BCUT2D eigenvalue weighted by atomic mass is 10.1. The number of nitrogens with zero attached hydrogens (tertiary/aromatic N) is 3. The van der Waals surface area contributed by atoms with Crippen LogP contribution in [-0.2, 0) is 6.54 Å². The van der Waals surface area contributed by atoms with Gasteiger partial charge in [0.1, 0.15) is 0 Å². The van der Waals surface area contributed by atoms with Gasteiger partial charge in [0.25, 0.3) is 0 Å². The summed E-state index contributed by atoms with van der Waals surface area (Å²) in [5.74, 6) is 0. The fourth-order valence-corrected chi connectivity index (χ4v) is 2.59. The summed E-state index contributed by atoms with van der Waals surface area (Å²) in [6.07, 6.45) is 5.13. The molecule has 1 aliphatic rings. The topological polar surface area (TPSA) is 31.4 Å². The molecule has 2 rings (SSSR count). The van der Waals surface area contributed by atoms with Gasteiger partial charge in [0.2, 0.25) is 0 Å². The highest BCUT2D eigenvalue weighted by Crippen LogP contribution is 2.25. The molecule has 20 heavy (non-hydrogen) atoms. The first-order chi connectivity index (χ1) is 9.37. The van der Waals surface area contributed by atoms with Crippen molar-refractivity contribution in [1.29, 1.82) is 0 Å². The number of anilines is 1. The first kappa shape index (κ1) is 15.3. The number of pyridine rings is 1. The SMILES string of the molecule is CN(C)C1CCN(c2cnccc2CNC(C)(C)C)C1. The van der Waals surface area contributed by atoms with Crippen LogP contribution in [0.1, 0.15) is 32.8 Å². The number of likely N-dealkylation sites (N-methyl/N-ethyl adjacent to an activating group) is 1. The van der Waals surface area contributed by atoms with E-state index in [9.17, 15) is 0 Å². The maximum absolute atomic E-state index is 4.32. The largest absolute Gasteiger partial charge is 0.368 e. The molecule has 4 heteroatoms. The Morgan fingerprint density at radius 3 is 2.75 bits per heavy atom. The van der Waals surface area contributed by atoms with Crippen LogP contribution in [0.15, 0.2) is 18.5 Å². The van der Waals surface area contributed by atoms with Crippen LogP contribution in [0.4, 0.5) is 5.69 Å². The Balaban J connectivity index is 2.08. The van der Waals surface area contributed by atoms with Crippen molar-refractivity contribution >= 4 is 5.69 Å². The van der Waals surface area contributed by atoms with Gasteiger partial charge in [-0.05, 0) is 52.9 Å². The lowest BCUT2D eigenvalue weighted by Gasteiger charge is -2.26. The maximum Gasteiger partial charge on any atom is 0.0598 e. The third-order valence-electron chi connectivity index (χ3n) is 3.93. The van der Waals surface area contributed by atoms with Crippen LogP contribution in [0, 0.1) is 0 Å². The van der Waals surface area contributed by atoms with Gasteiger partial charge < -0.3 is 15.1 Å². The van der Waals surface area contributed by atoms with Gasteiger partial charge in [0, 0.05) is 37.4 Å². The highest BCUT2D eigenvalue weighted by Gasteiger charge is 2.25. The van der Waals surface area contributed by atoms with E-state index in [0.717, 1.165) is 19.6 Å². The molecule has 1 fully saturated rings. The molecule has 1 unspecified atom stereocenters. The van der Waals surface area contributed by atoms with E-state index in [-0.39, 0.29) is 5.54 Å². The van der Waals surface area contributed by atoms with Gasteiger partial charge in [-0.1, -0.05) is 0 Å². The van der Waals surface area contributed by atoms with Crippen molar-refractivity contribution in [3.8, 4) is 0 Å². The highest BCUT2D eigenvalue weighted by molar-refractivity contribution is 5.52. The molecule has 1 aromatic rings. The van der Waals surface area contributed by atoms with Crippen LogP contribution in [0.25, 0.3) is 0 Å². The minimum Gasteiger partial charge on any atom is -0.368 e. The summed E-state index contributed by atoms with van der Waals surface area (Å²) >= 11 is 0. The Bertz CT molecular complexity index is 436. The summed E-state index contributed by atoms with van der Waals surface area (Å²) in [6, 6.07) is 2.79. The quantitative estimate of drug-likeness (QED) is 0.912. The molecule has 1 N–H and O–H groups in total. The van der Waals surface area contributed by atoms with Crippen LogP contribution >= 0.6 is 0 Å². The second-order valence-electron chi connectivity index (χ2n) is 6.96. The van der Waals surface area contributed by atoms with E-state index in [4.69, 9.17) is 0 Å². The second kappa shape index (κ2) is 6.10. The van der Waals surface area contributed by atoms with Crippen molar-refractivity contribution in [2.24, 2.45) is 0 Å². The molecule has 0 spiro atoms. The summed E-state index contributed by atoms with van der Waals surface area (Å²) < 4.78 is 0. The van der Waals surface area contributed by atoms with Crippen molar-refractivity contribution in [2.45, 2.75) is 45.3 Å². The summed E-state index contributed by atoms with van der Waals surface area (Å²) in [5.41, 5.74) is 2.76. The average molecular weight is 276 g/mol. The maximum atomic E-state index is 4.32. The first-order valence-electron chi connectivity index (χ1n) is 7.46. The number of aromatic nitrogens is 1. The standard InChI is InChI=1S/C16H28N4/c1-16(2,3)18-10-13-6-8-17-11-15(13)20-9-7-14(12-20)19(4)5/h6,8,11,14,18H,7,9-10,12H2,1-5H3. The molecular formula is C16H28N4. The van der Waals surface area contributed by atoms with Gasteiger partial charge in [-0.2, -0.15) is 0 Å². The molecule has 0 bridgehead atoms. The molecule has 0 aliphatic carbocycles. The minimum absolute atomic E-state index is 0.137. The van der Waals surface area contributed by atoms with Gasteiger partial charge in [-0.3, -0.25) is 4.98 Å². The third-order valence-corrected chi connectivity index (χ3v) is 3.93. The molecule has 1 aliphatic heterocycles. The van der Waals surface area contributed by atoms with Gasteiger partial charge >= 0.3 is 0 Å². The monoisotopic (exact) mass is 276 g/mol. The summed E-state index contributed by atoms with van der Waals surface area (Å²) in [7, 11) is 4.33. The smallest absolute Gasteiger partial charge is 0.0598 e. The zero-order valence-corrected chi connectivity index (χ0v) is 13.5. The average Bonchev–Trinajstić information content (AvgIpc) is 2.85. The van der Waals surface area contributed by atoms with Crippen LogP contribution in [0.2, 0.25) is 0 Å². The van der Waals surface area contributed by atoms with E-state index in [1.165, 1.54) is 17.7 Å². The van der Waals surface area contributed by atoms with E-state index in [1.807, 2.05) is 12.4 Å². The van der Waals surface area contributed by atoms with Crippen LogP contribution in [0.3, 0.4) is 0 Å². The second-order valence-corrected chi connectivity index (χ2v) is 6.96. The fraction of sp³-hybridized carbons (Fsp3) is 0.688. The molecule has 0 amide bonds. The minimum atomic E-state index is 0.137. The van der Waals surface area contributed by atoms with Gasteiger partial charge in [-0.15, -0.1) is 0 Å². The van der Waals surface area contributed by atoms with Gasteiger partial charge in [0.05, 0.1) is 11.9 Å². The Hall–Kier alpha value is -1.13. The van der Waals surface area contributed by atoms with E-state index < -0.39 is 0 Å². The summed E-state index contributed by atoms with van der Waals surface area (Å²) in [4.78, 5) is 9.11. The lowest BCUT2D eigenvalue weighted by Crippen LogP contribution is -2.36. The van der Waals surface area contributed by atoms with Crippen LogP contribution < -0.4 is 10.2 Å². The van der Waals surface area contributed by atoms with Crippen molar-refractivity contribution in [2.75, 3.05) is 32.1 Å². The summed E-state index contributed by atoms with van der Waals surface area (Å²) in [5, 5.41) is 3.57. The number of nitrogens with one attached hydrogen (secondary N) is 1. The third kappa shape index (κ3) is 3.93. The molecule has 112 valence electrons. The highest BCUT2D eigenvalue weighted by atomic mass is 15.2. The zero-order valence-electron chi connectivity index (χ0n) is 13.5. The molecule has 0 saturated carbocycles. The van der Waals surface area contributed by atoms with E-state index in [0.29, 0.717) is 6.04 Å². The number of hydrogen-bond donors (Lipinski definition) is 1. The molecule has 4 nitrogen and oxygen atoms in total. The molecule has 1 aromatic heterocycles. The van der Waals surface area contributed by atoms with E-state index in [2.05, 4.69) is 61.0 Å². The van der Waals surface area contributed by atoms with Crippen LogP contribution in [0.5, 0.6) is 0 Å². The van der Waals surface area contributed by atoms with Crippen molar-refractivity contribution in [1.82, 2.24) is 15.2 Å². The molecular weight excluding hydrogens is 248 g/mol. The van der Waals surface area contributed by atoms with E-state index >= 15 is 0 Å². The van der Waals surface area contributed by atoms with Crippen molar-refractivity contribution < 1.29 is 0 Å². The zero-order chi connectivity index (χ0) is 14.8.